The Kier molecular flexibility index (Phi) is 4.43. The number of hydrogen-bond donors (Lipinski definition) is 1. The second-order valence-corrected chi connectivity index (χ2v) is 6.19. The number of carboxylic acid groups (broad SMARTS) is 1. The van der Waals surface area contributed by atoms with Crippen molar-refractivity contribution in [1.29, 1.82) is 0 Å². The molecule has 0 spiro atoms. The minimum atomic E-state index is -0.863. The Hall–Kier alpha value is -1.88. The summed E-state index contributed by atoms with van der Waals surface area (Å²) < 4.78 is 0. The van der Waals surface area contributed by atoms with Gasteiger partial charge in [0.05, 0.1) is 0 Å². The van der Waals surface area contributed by atoms with E-state index in [-0.39, 0.29) is 11.9 Å². The summed E-state index contributed by atoms with van der Waals surface area (Å²) in [6.07, 6.45) is 2.56. The van der Waals surface area contributed by atoms with Gasteiger partial charge in [-0.3, -0.25) is 9.69 Å². The number of hydrogen-bond acceptors (Lipinski definition) is 3. The predicted octanol–water partition coefficient (Wildman–Crippen LogP) is 1.73. The lowest BCUT2D eigenvalue weighted by molar-refractivity contribution is -0.148. The third kappa shape index (κ3) is 3.14. The van der Waals surface area contributed by atoms with Gasteiger partial charge in [0.2, 0.25) is 5.91 Å². The van der Waals surface area contributed by atoms with Crippen molar-refractivity contribution in [3.8, 4) is 0 Å². The lowest BCUT2D eigenvalue weighted by atomic mass is 10.0. The molecule has 0 aliphatic carbocycles. The molecule has 1 atom stereocenters. The first-order valence-electron chi connectivity index (χ1n) is 7.95. The first-order chi connectivity index (χ1) is 10.6. The first kappa shape index (κ1) is 15.0. The normalized spacial score (nSPS) is 23.9. The summed E-state index contributed by atoms with van der Waals surface area (Å²) in [5.41, 5.74) is 1.29. The van der Waals surface area contributed by atoms with E-state index in [0.29, 0.717) is 12.8 Å². The number of carbonyl (C=O) groups excluding carboxylic acids is 1. The minimum Gasteiger partial charge on any atom is -0.480 e. The van der Waals surface area contributed by atoms with Gasteiger partial charge in [0, 0.05) is 32.1 Å². The number of aliphatic carboxylic acids is 1. The molecule has 1 N–H and O–H groups in total. The Morgan fingerprint density at radius 1 is 1.14 bits per heavy atom. The highest BCUT2D eigenvalue weighted by molar-refractivity contribution is 5.87. The number of carbonyl (C=O) groups is 2. The van der Waals surface area contributed by atoms with Gasteiger partial charge in [0.15, 0.2) is 0 Å². The number of piperidine rings is 1. The maximum absolute atomic E-state index is 12.0. The van der Waals surface area contributed by atoms with Gasteiger partial charge in [-0.05, 0) is 24.8 Å². The number of nitrogens with zero attached hydrogens (tertiary/aromatic N) is 2. The molecular formula is C17H22N2O3. The molecule has 2 aliphatic heterocycles. The standard InChI is InChI=1S/C17H22N2O3/c20-16-7-6-15(17(21)22)19(16)14-8-10-18(11-9-14)12-13-4-2-1-3-5-13/h1-5,14-15H,6-12H2,(H,21,22)/t15-/m1/s1. The van der Waals surface area contributed by atoms with E-state index in [1.54, 1.807) is 4.90 Å². The molecule has 5 nitrogen and oxygen atoms in total. The van der Waals surface area contributed by atoms with Crippen molar-refractivity contribution >= 4 is 11.9 Å². The molecule has 0 aromatic heterocycles. The molecule has 22 heavy (non-hydrogen) atoms. The average molecular weight is 302 g/mol. The second-order valence-electron chi connectivity index (χ2n) is 6.19. The molecule has 0 bridgehead atoms. The van der Waals surface area contributed by atoms with Crippen LogP contribution in [-0.4, -0.2) is 52.0 Å². The molecule has 0 saturated carbocycles. The van der Waals surface area contributed by atoms with Gasteiger partial charge in [-0.2, -0.15) is 0 Å². The maximum Gasteiger partial charge on any atom is 0.326 e. The van der Waals surface area contributed by atoms with Gasteiger partial charge >= 0.3 is 5.97 Å². The lowest BCUT2D eigenvalue weighted by Gasteiger charge is -2.38. The van der Waals surface area contributed by atoms with Crippen LogP contribution in [0.15, 0.2) is 30.3 Å². The average Bonchev–Trinajstić information content (AvgIpc) is 2.91. The fourth-order valence-electron chi connectivity index (χ4n) is 3.60. The van der Waals surface area contributed by atoms with Crippen LogP contribution in [0.3, 0.4) is 0 Å². The summed E-state index contributed by atoms with van der Waals surface area (Å²) in [7, 11) is 0. The van der Waals surface area contributed by atoms with Crippen molar-refractivity contribution in [2.24, 2.45) is 0 Å². The van der Waals surface area contributed by atoms with Crippen molar-refractivity contribution in [1.82, 2.24) is 9.80 Å². The van der Waals surface area contributed by atoms with E-state index in [2.05, 4.69) is 17.0 Å². The molecule has 2 aliphatic rings. The van der Waals surface area contributed by atoms with Crippen LogP contribution in [0.25, 0.3) is 0 Å². The zero-order valence-electron chi connectivity index (χ0n) is 12.6. The van der Waals surface area contributed by atoms with Crippen molar-refractivity contribution in [3.05, 3.63) is 35.9 Å². The van der Waals surface area contributed by atoms with Crippen LogP contribution in [0, 0.1) is 0 Å². The number of benzene rings is 1. The Bertz CT molecular complexity index is 538. The fraction of sp³-hybridized carbons (Fsp3) is 0.529. The van der Waals surface area contributed by atoms with E-state index in [0.717, 1.165) is 32.5 Å². The van der Waals surface area contributed by atoms with Crippen molar-refractivity contribution in [2.45, 2.75) is 44.3 Å². The molecule has 2 fully saturated rings. The summed E-state index contributed by atoms with van der Waals surface area (Å²) in [4.78, 5) is 27.3. The monoisotopic (exact) mass is 302 g/mol. The molecule has 0 radical (unpaired) electrons. The number of rotatable bonds is 4. The Morgan fingerprint density at radius 2 is 1.82 bits per heavy atom. The van der Waals surface area contributed by atoms with Crippen LogP contribution in [0.1, 0.15) is 31.2 Å². The van der Waals surface area contributed by atoms with E-state index >= 15 is 0 Å². The third-order valence-corrected chi connectivity index (χ3v) is 4.74. The molecule has 2 saturated heterocycles. The van der Waals surface area contributed by atoms with Gasteiger partial charge in [0.1, 0.15) is 6.04 Å². The number of likely N-dealkylation sites (tertiary alicyclic amines) is 2. The largest absolute Gasteiger partial charge is 0.480 e. The first-order valence-corrected chi connectivity index (χ1v) is 7.95. The van der Waals surface area contributed by atoms with E-state index in [9.17, 15) is 14.7 Å². The van der Waals surface area contributed by atoms with E-state index < -0.39 is 12.0 Å². The molecular weight excluding hydrogens is 280 g/mol. The van der Waals surface area contributed by atoms with Crippen molar-refractivity contribution in [2.75, 3.05) is 13.1 Å². The number of carboxylic acids is 1. The van der Waals surface area contributed by atoms with Gasteiger partial charge in [0.25, 0.3) is 0 Å². The van der Waals surface area contributed by atoms with E-state index in [4.69, 9.17) is 0 Å². The molecule has 3 rings (SSSR count). The molecule has 1 amide bonds. The molecule has 1 aromatic rings. The second kappa shape index (κ2) is 6.48. The number of amides is 1. The van der Waals surface area contributed by atoms with E-state index in [1.165, 1.54) is 5.56 Å². The molecule has 2 heterocycles. The summed E-state index contributed by atoms with van der Waals surface area (Å²) in [6.45, 7) is 2.75. The van der Waals surface area contributed by atoms with Crippen LogP contribution in [-0.2, 0) is 16.1 Å². The molecule has 1 aromatic carbocycles. The molecule has 0 unspecified atom stereocenters. The molecule has 5 heteroatoms. The third-order valence-electron chi connectivity index (χ3n) is 4.74. The summed E-state index contributed by atoms with van der Waals surface area (Å²) in [5, 5.41) is 9.27. The van der Waals surface area contributed by atoms with Crippen molar-refractivity contribution in [3.63, 3.8) is 0 Å². The topological polar surface area (TPSA) is 60.9 Å². The van der Waals surface area contributed by atoms with Gasteiger partial charge in [-0.15, -0.1) is 0 Å². The van der Waals surface area contributed by atoms with Gasteiger partial charge in [-0.1, -0.05) is 30.3 Å². The summed E-state index contributed by atoms with van der Waals surface area (Å²) >= 11 is 0. The Balaban J connectivity index is 1.57. The highest BCUT2D eigenvalue weighted by Crippen LogP contribution is 2.27. The van der Waals surface area contributed by atoms with Crippen LogP contribution in [0.4, 0.5) is 0 Å². The Morgan fingerprint density at radius 3 is 2.45 bits per heavy atom. The van der Waals surface area contributed by atoms with Crippen LogP contribution < -0.4 is 0 Å². The smallest absolute Gasteiger partial charge is 0.326 e. The lowest BCUT2D eigenvalue weighted by Crippen LogP contribution is -2.50. The minimum absolute atomic E-state index is 0.00825. The van der Waals surface area contributed by atoms with Crippen LogP contribution >= 0.6 is 0 Å². The highest BCUT2D eigenvalue weighted by Gasteiger charge is 2.41. The summed E-state index contributed by atoms with van der Waals surface area (Å²) in [6, 6.07) is 9.82. The zero-order chi connectivity index (χ0) is 15.5. The quantitative estimate of drug-likeness (QED) is 0.920. The van der Waals surface area contributed by atoms with Crippen LogP contribution in [0.2, 0.25) is 0 Å². The van der Waals surface area contributed by atoms with Gasteiger partial charge < -0.3 is 10.0 Å². The zero-order valence-corrected chi connectivity index (χ0v) is 12.6. The highest BCUT2D eigenvalue weighted by atomic mass is 16.4. The fourth-order valence-corrected chi connectivity index (χ4v) is 3.60. The molecule has 118 valence electrons. The predicted molar refractivity (Wildman–Crippen MR) is 82.2 cm³/mol. The van der Waals surface area contributed by atoms with Crippen LogP contribution in [0.5, 0.6) is 0 Å². The van der Waals surface area contributed by atoms with Crippen molar-refractivity contribution < 1.29 is 14.7 Å². The van der Waals surface area contributed by atoms with E-state index in [1.807, 2.05) is 18.2 Å². The summed E-state index contributed by atoms with van der Waals surface area (Å²) in [5.74, 6) is -0.855. The van der Waals surface area contributed by atoms with Gasteiger partial charge in [-0.25, -0.2) is 4.79 Å². The Labute approximate surface area is 130 Å². The SMILES string of the molecule is O=C(O)[C@H]1CCC(=O)N1C1CCN(Cc2ccccc2)CC1. The maximum atomic E-state index is 12.0.